The second-order valence-electron chi connectivity index (χ2n) is 4.85. The Bertz CT molecular complexity index is 750. The summed E-state index contributed by atoms with van der Waals surface area (Å²) in [5.41, 5.74) is 10.2. The van der Waals surface area contributed by atoms with Gasteiger partial charge in [-0.3, -0.25) is 0 Å². The van der Waals surface area contributed by atoms with Crippen molar-refractivity contribution in [1.82, 2.24) is 9.97 Å². The Morgan fingerprint density at radius 2 is 2.10 bits per heavy atom. The van der Waals surface area contributed by atoms with Crippen molar-refractivity contribution in [2.45, 2.75) is 13.5 Å². The molecule has 0 atom stereocenters. The molecular formula is C15H16N4O. The monoisotopic (exact) mass is 268 g/mol. The molecule has 5 nitrogen and oxygen atoms in total. The third-order valence-corrected chi connectivity index (χ3v) is 3.32. The summed E-state index contributed by atoms with van der Waals surface area (Å²) in [5, 5.41) is 0. The van der Waals surface area contributed by atoms with Crippen LogP contribution in [0.15, 0.2) is 41.1 Å². The number of rotatable bonds is 3. The fourth-order valence-corrected chi connectivity index (χ4v) is 2.12. The Balaban J connectivity index is 1.83. The normalized spacial score (nSPS) is 10.9. The molecule has 0 unspecified atom stereocenters. The van der Waals surface area contributed by atoms with Gasteiger partial charge in [0.1, 0.15) is 11.3 Å². The molecule has 0 amide bonds. The molecule has 5 heteroatoms. The highest BCUT2D eigenvalue weighted by Crippen LogP contribution is 2.19. The average Bonchev–Trinajstić information content (AvgIpc) is 2.89. The number of hydrogen-bond acceptors (Lipinski definition) is 5. The second-order valence-corrected chi connectivity index (χ2v) is 4.85. The smallest absolute Gasteiger partial charge is 0.181 e. The summed E-state index contributed by atoms with van der Waals surface area (Å²) in [7, 11) is 2.00. The van der Waals surface area contributed by atoms with Crippen LogP contribution in [0.1, 0.15) is 11.3 Å². The Morgan fingerprint density at radius 1 is 1.25 bits per heavy atom. The van der Waals surface area contributed by atoms with Gasteiger partial charge in [0.05, 0.1) is 11.4 Å². The summed E-state index contributed by atoms with van der Waals surface area (Å²) in [4.78, 5) is 10.7. The van der Waals surface area contributed by atoms with Gasteiger partial charge in [-0.2, -0.15) is 0 Å². The van der Waals surface area contributed by atoms with Crippen LogP contribution >= 0.6 is 0 Å². The number of anilines is 2. The van der Waals surface area contributed by atoms with E-state index < -0.39 is 0 Å². The van der Waals surface area contributed by atoms with E-state index >= 15 is 0 Å². The average molecular weight is 268 g/mol. The SMILES string of the molecule is Cc1nc(N(C)Cc2ccc3ncoc3c2)ccc1N. The molecule has 102 valence electrons. The first-order chi connectivity index (χ1) is 9.63. The van der Waals surface area contributed by atoms with Crippen molar-refractivity contribution < 1.29 is 4.42 Å². The van der Waals surface area contributed by atoms with Gasteiger partial charge < -0.3 is 15.1 Å². The largest absolute Gasteiger partial charge is 0.443 e. The van der Waals surface area contributed by atoms with Crippen LogP contribution in [0.4, 0.5) is 11.5 Å². The van der Waals surface area contributed by atoms with E-state index in [9.17, 15) is 0 Å². The molecule has 3 aromatic rings. The Hall–Kier alpha value is -2.56. The summed E-state index contributed by atoms with van der Waals surface area (Å²) in [5.74, 6) is 0.898. The second kappa shape index (κ2) is 4.85. The number of fused-ring (bicyclic) bond motifs is 1. The Labute approximate surface area is 117 Å². The molecule has 0 aliphatic carbocycles. The van der Waals surface area contributed by atoms with Crippen LogP contribution in [0.2, 0.25) is 0 Å². The van der Waals surface area contributed by atoms with E-state index in [2.05, 4.69) is 14.9 Å². The number of nitrogen functional groups attached to an aromatic ring is 1. The van der Waals surface area contributed by atoms with E-state index in [0.29, 0.717) is 5.69 Å². The van der Waals surface area contributed by atoms with Crippen LogP contribution < -0.4 is 10.6 Å². The molecule has 0 fully saturated rings. The Kier molecular flexibility index (Phi) is 3.02. The van der Waals surface area contributed by atoms with Crippen molar-refractivity contribution in [3.8, 4) is 0 Å². The molecule has 0 saturated carbocycles. The molecule has 2 N–H and O–H groups in total. The molecule has 3 rings (SSSR count). The molecule has 0 aliphatic rings. The van der Waals surface area contributed by atoms with Crippen molar-refractivity contribution in [3.05, 3.63) is 48.0 Å². The van der Waals surface area contributed by atoms with Crippen LogP contribution in [-0.4, -0.2) is 17.0 Å². The van der Waals surface area contributed by atoms with Crippen LogP contribution in [0.3, 0.4) is 0 Å². The number of nitrogens with two attached hydrogens (primary N) is 1. The van der Waals surface area contributed by atoms with Gasteiger partial charge in [-0.05, 0) is 36.8 Å². The highest BCUT2D eigenvalue weighted by Gasteiger charge is 2.07. The molecule has 0 radical (unpaired) electrons. The first-order valence-electron chi connectivity index (χ1n) is 6.40. The maximum atomic E-state index is 5.79. The summed E-state index contributed by atoms with van der Waals surface area (Å²) < 4.78 is 5.32. The lowest BCUT2D eigenvalue weighted by Crippen LogP contribution is -2.18. The molecule has 0 saturated heterocycles. The molecule has 1 aromatic carbocycles. The molecule has 2 aromatic heterocycles. The van der Waals surface area contributed by atoms with E-state index in [0.717, 1.165) is 34.7 Å². The first-order valence-corrected chi connectivity index (χ1v) is 6.40. The zero-order chi connectivity index (χ0) is 14.1. The molecular weight excluding hydrogens is 252 g/mol. The lowest BCUT2D eigenvalue weighted by atomic mass is 10.2. The zero-order valence-electron chi connectivity index (χ0n) is 11.5. The lowest BCUT2D eigenvalue weighted by molar-refractivity contribution is 0.601. The predicted molar refractivity (Wildman–Crippen MR) is 79.5 cm³/mol. The Morgan fingerprint density at radius 3 is 2.90 bits per heavy atom. The van der Waals surface area contributed by atoms with Crippen molar-refractivity contribution in [1.29, 1.82) is 0 Å². The van der Waals surface area contributed by atoms with Crippen molar-refractivity contribution in [3.63, 3.8) is 0 Å². The maximum Gasteiger partial charge on any atom is 0.181 e. The van der Waals surface area contributed by atoms with E-state index in [1.807, 2.05) is 44.3 Å². The quantitative estimate of drug-likeness (QED) is 0.791. The van der Waals surface area contributed by atoms with Gasteiger partial charge in [-0.1, -0.05) is 6.07 Å². The van der Waals surface area contributed by atoms with Crippen molar-refractivity contribution >= 4 is 22.6 Å². The summed E-state index contributed by atoms with van der Waals surface area (Å²) >= 11 is 0. The summed E-state index contributed by atoms with van der Waals surface area (Å²) in [6.45, 7) is 2.65. The summed E-state index contributed by atoms with van der Waals surface area (Å²) in [6.07, 6.45) is 1.46. The van der Waals surface area contributed by atoms with Crippen LogP contribution in [-0.2, 0) is 6.54 Å². The lowest BCUT2D eigenvalue weighted by Gasteiger charge is -2.19. The minimum Gasteiger partial charge on any atom is -0.443 e. The zero-order valence-corrected chi connectivity index (χ0v) is 11.5. The van der Waals surface area contributed by atoms with E-state index in [4.69, 9.17) is 10.2 Å². The van der Waals surface area contributed by atoms with E-state index in [1.54, 1.807) is 0 Å². The minimum absolute atomic E-state index is 0.713. The van der Waals surface area contributed by atoms with Crippen LogP contribution in [0, 0.1) is 6.92 Å². The van der Waals surface area contributed by atoms with Gasteiger partial charge in [0.15, 0.2) is 12.0 Å². The van der Waals surface area contributed by atoms with Gasteiger partial charge in [0.2, 0.25) is 0 Å². The highest BCUT2D eigenvalue weighted by molar-refractivity contribution is 5.72. The number of benzene rings is 1. The molecule has 20 heavy (non-hydrogen) atoms. The van der Waals surface area contributed by atoms with Crippen LogP contribution in [0.25, 0.3) is 11.1 Å². The van der Waals surface area contributed by atoms with E-state index in [-0.39, 0.29) is 0 Å². The predicted octanol–water partition coefficient (Wildman–Crippen LogP) is 2.75. The number of oxazole rings is 1. The number of nitrogens with zero attached hydrogens (tertiary/aromatic N) is 3. The maximum absolute atomic E-state index is 5.79. The third kappa shape index (κ3) is 2.30. The van der Waals surface area contributed by atoms with Crippen LogP contribution in [0.5, 0.6) is 0 Å². The number of aryl methyl sites for hydroxylation is 1. The van der Waals surface area contributed by atoms with Gasteiger partial charge in [-0.15, -0.1) is 0 Å². The van der Waals surface area contributed by atoms with Gasteiger partial charge in [0.25, 0.3) is 0 Å². The third-order valence-electron chi connectivity index (χ3n) is 3.32. The van der Waals surface area contributed by atoms with Crippen molar-refractivity contribution in [2.75, 3.05) is 17.7 Å². The molecule has 2 heterocycles. The topological polar surface area (TPSA) is 68.2 Å². The van der Waals surface area contributed by atoms with Gasteiger partial charge in [-0.25, -0.2) is 9.97 Å². The molecule has 0 aliphatic heterocycles. The fraction of sp³-hybridized carbons (Fsp3) is 0.200. The molecule has 0 bridgehead atoms. The summed E-state index contributed by atoms with van der Waals surface area (Å²) in [6, 6.07) is 9.82. The van der Waals surface area contributed by atoms with Gasteiger partial charge >= 0.3 is 0 Å². The minimum atomic E-state index is 0.713. The van der Waals surface area contributed by atoms with Crippen molar-refractivity contribution in [2.24, 2.45) is 0 Å². The number of hydrogen-bond donors (Lipinski definition) is 1. The first kappa shape index (κ1) is 12.5. The number of aromatic nitrogens is 2. The highest BCUT2D eigenvalue weighted by atomic mass is 16.3. The fourth-order valence-electron chi connectivity index (χ4n) is 2.12. The van der Waals surface area contributed by atoms with E-state index in [1.165, 1.54) is 6.39 Å². The van der Waals surface area contributed by atoms with Gasteiger partial charge in [0, 0.05) is 13.6 Å². The standard InChI is InChI=1S/C15H16N4O/c1-10-12(16)4-6-15(18-10)19(2)8-11-3-5-13-14(7-11)20-9-17-13/h3-7,9H,8,16H2,1-2H3. The molecule has 0 spiro atoms. The number of pyridine rings is 1.